The molecule has 0 aliphatic heterocycles. The number of hydrogen-bond donors (Lipinski definition) is 1. The highest BCUT2D eigenvalue weighted by molar-refractivity contribution is 7.17. The summed E-state index contributed by atoms with van der Waals surface area (Å²) >= 11 is 1.43. The maximum Gasteiger partial charge on any atom is 0.341 e. The van der Waals surface area contributed by atoms with Crippen LogP contribution in [0.2, 0.25) is 0 Å². The smallest absolute Gasteiger partial charge is 0.341 e. The van der Waals surface area contributed by atoms with Gasteiger partial charge in [-0.1, -0.05) is 19.1 Å². The fourth-order valence-corrected chi connectivity index (χ4v) is 5.87. The highest BCUT2D eigenvalue weighted by atomic mass is 32.1. The maximum atomic E-state index is 13.1. The van der Waals surface area contributed by atoms with Crippen molar-refractivity contribution in [3.63, 3.8) is 0 Å². The van der Waals surface area contributed by atoms with Gasteiger partial charge in [0.15, 0.2) is 0 Å². The number of nitrogens with zero attached hydrogens (tertiary/aromatic N) is 1. The highest BCUT2D eigenvalue weighted by Crippen LogP contribution is 2.40. The van der Waals surface area contributed by atoms with E-state index in [0.717, 1.165) is 40.7 Å². The van der Waals surface area contributed by atoms with Crippen molar-refractivity contribution in [2.24, 2.45) is 5.92 Å². The fraction of sp³-hybridized carbons (Fsp3) is 0.400. The van der Waals surface area contributed by atoms with Crippen molar-refractivity contribution in [2.75, 3.05) is 19.0 Å². The van der Waals surface area contributed by atoms with Gasteiger partial charge in [-0.05, 0) is 56.2 Å². The Labute approximate surface area is 196 Å². The minimum Gasteiger partial charge on any atom is -0.495 e. The number of esters is 1. The van der Waals surface area contributed by atoms with Gasteiger partial charge in [0.25, 0.3) is 5.56 Å². The van der Waals surface area contributed by atoms with Crippen LogP contribution in [0.3, 0.4) is 0 Å². The molecule has 0 saturated heterocycles. The number of aryl methyl sites for hydroxylation is 1. The van der Waals surface area contributed by atoms with E-state index in [-0.39, 0.29) is 24.6 Å². The molecule has 0 bridgehead atoms. The standard InChI is InChI=1S/C25H28N2O5S/c1-5-32-25(30)22-17-10-9-14(2)11-19(17)33-24(22)26-20(28)13-27-21(29)12-15(3)16-7-6-8-18(31-4)23(16)27/h6-8,12,14H,5,9-11,13H2,1-4H3,(H,26,28). The lowest BCUT2D eigenvalue weighted by Gasteiger charge is -2.18. The molecule has 0 spiro atoms. The van der Waals surface area contributed by atoms with E-state index in [1.807, 2.05) is 19.1 Å². The molecular weight excluding hydrogens is 440 g/mol. The number of methoxy groups -OCH3 is 1. The van der Waals surface area contributed by atoms with Crippen molar-refractivity contribution in [3.8, 4) is 5.75 Å². The maximum absolute atomic E-state index is 13.1. The molecule has 1 N–H and O–H groups in total. The Morgan fingerprint density at radius 3 is 2.82 bits per heavy atom. The summed E-state index contributed by atoms with van der Waals surface area (Å²) in [4.78, 5) is 39.8. The Balaban J connectivity index is 1.70. The molecule has 2 heterocycles. The summed E-state index contributed by atoms with van der Waals surface area (Å²) in [5, 5.41) is 4.23. The van der Waals surface area contributed by atoms with E-state index in [4.69, 9.17) is 9.47 Å². The molecule has 0 saturated carbocycles. The van der Waals surface area contributed by atoms with Crippen molar-refractivity contribution in [1.29, 1.82) is 0 Å². The lowest BCUT2D eigenvalue weighted by atomic mass is 9.88. The Morgan fingerprint density at radius 2 is 2.09 bits per heavy atom. The van der Waals surface area contributed by atoms with Crippen LogP contribution in [-0.2, 0) is 28.9 Å². The van der Waals surface area contributed by atoms with Gasteiger partial charge in [-0.25, -0.2) is 4.79 Å². The monoisotopic (exact) mass is 468 g/mol. The predicted molar refractivity (Wildman–Crippen MR) is 130 cm³/mol. The summed E-state index contributed by atoms with van der Waals surface area (Å²) in [6.45, 7) is 5.87. The number of hydrogen-bond acceptors (Lipinski definition) is 6. The van der Waals surface area contributed by atoms with E-state index >= 15 is 0 Å². The van der Waals surface area contributed by atoms with Gasteiger partial charge in [-0.15, -0.1) is 11.3 Å². The van der Waals surface area contributed by atoms with Crippen molar-refractivity contribution in [1.82, 2.24) is 4.57 Å². The number of aromatic nitrogens is 1. The number of ether oxygens (including phenoxy) is 2. The number of carbonyl (C=O) groups excluding carboxylic acids is 2. The number of para-hydroxylation sites is 1. The topological polar surface area (TPSA) is 86.6 Å². The van der Waals surface area contributed by atoms with Crippen LogP contribution in [0.25, 0.3) is 10.9 Å². The third-order valence-corrected chi connectivity index (χ3v) is 7.24. The van der Waals surface area contributed by atoms with Crippen LogP contribution in [0.1, 0.15) is 46.6 Å². The van der Waals surface area contributed by atoms with E-state index in [1.165, 1.54) is 29.1 Å². The summed E-state index contributed by atoms with van der Waals surface area (Å²) in [5.74, 6) is 0.249. The van der Waals surface area contributed by atoms with Crippen molar-refractivity contribution in [2.45, 2.75) is 46.6 Å². The van der Waals surface area contributed by atoms with Crippen LogP contribution >= 0.6 is 11.3 Å². The normalized spacial score (nSPS) is 15.2. The van der Waals surface area contributed by atoms with Crippen molar-refractivity contribution in [3.05, 3.63) is 56.2 Å². The van der Waals surface area contributed by atoms with Gasteiger partial charge in [-0.3, -0.25) is 14.2 Å². The Bertz CT molecular complexity index is 1290. The number of thiophene rings is 1. The van der Waals surface area contributed by atoms with Gasteiger partial charge in [0, 0.05) is 16.3 Å². The molecule has 2 aromatic heterocycles. The van der Waals surface area contributed by atoms with Gasteiger partial charge in [-0.2, -0.15) is 0 Å². The minimum absolute atomic E-state index is 0.197. The quantitative estimate of drug-likeness (QED) is 0.545. The van der Waals surface area contributed by atoms with E-state index in [2.05, 4.69) is 12.2 Å². The molecular formula is C25H28N2O5S. The van der Waals surface area contributed by atoms with Crippen LogP contribution in [0.15, 0.2) is 29.1 Å². The zero-order valence-corrected chi connectivity index (χ0v) is 20.1. The molecule has 3 aromatic rings. The van der Waals surface area contributed by atoms with Crippen LogP contribution in [-0.4, -0.2) is 30.2 Å². The summed E-state index contributed by atoms with van der Waals surface area (Å²) in [5.41, 5.74) is 2.53. The Hall–Kier alpha value is -3.13. The number of rotatable bonds is 6. The minimum atomic E-state index is -0.417. The molecule has 1 aliphatic carbocycles. The second-order valence-corrected chi connectivity index (χ2v) is 9.54. The van der Waals surface area contributed by atoms with E-state index < -0.39 is 5.97 Å². The van der Waals surface area contributed by atoms with Gasteiger partial charge in [0.2, 0.25) is 5.91 Å². The number of amides is 1. The first kappa shape index (κ1) is 23.0. The van der Waals surface area contributed by atoms with E-state index in [0.29, 0.717) is 27.7 Å². The lowest BCUT2D eigenvalue weighted by Crippen LogP contribution is -2.28. The van der Waals surface area contributed by atoms with E-state index in [1.54, 1.807) is 13.0 Å². The molecule has 1 unspecified atom stereocenters. The Kier molecular flexibility index (Phi) is 6.56. The van der Waals surface area contributed by atoms with Crippen molar-refractivity contribution >= 4 is 39.1 Å². The SMILES string of the molecule is CCOC(=O)c1c(NC(=O)Cn2c(=O)cc(C)c3cccc(OC)c32)sc2c1CCC(C)C2. The summed E-state index contributed by atoms with van der Waals surface area (Å²) in [6, 6.07) is 7.04. The second kappa shape index (κ2) is 9.39. The number of pyridine rings is 1. The lowest BCUT2D eigenvalue weighted by molar-refractivity contribution is -0.116. The van der Waals surface area contributed by atoms with E-state index in [9.17, 15) is 14.4 Å². The molecule has 33 heavy (non-hydrogen) atoms. The molecule has 1 aromatic carbocycles. The number of carbonyl (C=O) groups is 2. The van der Waals surface area contributed by atoms with Gasteiger partial charge in [0.05, 0.1) is 24.8 Å². The zero-order valence-electron chi connectivity index (χ0n) is 19.3. The molecule has 174 valence electrons. The van der Waals surface area contributed by atoms with Gasteiger partial charge < -0.3 is 14.8 Å². The van der Waals surface area contributed by atoms with Gasteiger partial charge in [0.1, 0.15) is 17.3 Å². The van der Waals surface area contributed by atoms with Crippen molar-refractivity contribution < 1.29 is 19.1 Å². The fourth-order valence-electron chi connectivity index (χ4n) is 4.46. The third kappa shape index (κ3) is 4.39. The molecule has 1 atom stereocenters. The van der Waals surface area contributed by atoms with Crippen LogP contribution < -0.4 is 15.6 Å². The van der Waals surface area contributed by atoms with Crippen LogP contribution in [0.5, 0.6) is 5.75 Å². The number of fused-ring (bicyclic) bond motifs is 2. The molecule has 0 fully saturated rings. The van der Waals surface area contributed by atoms with Crippen LogP contribution in [0.4, 0.5) is 5.00 Å². The zero-order chi connectivity index (χ0) is 23.7. The van der Waals surface area contributed by atoms with Crippen LogP contribution in [0, 0.1) is 12.8 Å². The first-order chi connectivity index (χ1) is 15.8. The number of nitrogens with one attached hydrogen (secondary N) is 1. The molecule has 1 aliphatic rings. The molecule has 0 radical (unpaired) electrons. The molecule has 4 rings (SSSR count). The number of anilines is 1. The average molecular weight is 469 g/mol. The Morgan fingerprint density at radius 1 is 1.30 bits per heavy atom. The largest absolute Gasteiger partial charge is 0.495 e. The summed E-state index contributed by atoms with van der Waals surface area (Å²) < 4.78 is 12.2. The summed E-state index contributed by atoms with van der Waals surface area (Å²) in [6.07, 6.45) is 2.66. The summed E-state index contributed by atoms with van der Waals surface area (Å²) in [7, 11) is 1.54. The molecule has 8 heteroatoms. The predicted octanol–water partition coefficient (Wildman–Crippen LogP) is 4.32. The van der Waals surface area contributed by atoms with Gasteiger partial charge >= 0.3 is 5.97 Å². The first-order valence-electron chi connectivity index (χ1n) is 11.1. The third-order valence-electron chi connectivity index (χ3n) is 6.07. The molecule has 7 nitrogen and oxygen atoms in total. The second-order valence-electron chi connectivity index (χ2n) is 8.43. The number of benzene rings is 1. The molecule has 1 amide bonds. The first-order valence-corrected chi connectivity index (χ1v) is 11.9. The average Bonchev–Trinajstić information content (AvgIpc) is 3.12. The highest BCUT2D eigenvalue weighted by Gasteiger charge is 2.29.